The number of carbonyl (C=O) groups excluding carboxylic acids is 3. The summed E-state index contributed by atoms with van der Waals surface area (Å²) in [5.41, 5.74) is 0. The van der Waals surface area contributed by atoms with Crippen LogP contribution in [0.5, 0.6) is 0 Å². The molecule has 0 saturated heterocycles. The molecular weight excluding hydrogens is 1410 g/mol. The summed E-state index contributed by atoms with van der Waals surface area (Å²) in [6.45, 7) is 2.53. The summed E-state index contributed by atoms with van der Waals surface area (Å²) in [6.07, 6.45) is 101. The number of hydrogen-bond acceptors (Lipinski definition) is 14. The summed E-state index contributed by atoms with van der Waals surface area (Å²) in [4.78, 5) is 58.7. The van der Waals surface area contributed by atoms with Gasteiger partial charge < -0.3 is 34.2 Å². The predicted octanol–water partition coefficient (Wildman–Crippen LogP) is 26.4. The van der Waals surface area contributed by atoms with Crippen molar-refractivity contribution in [3.63, 3.8) is 0 Å². The summed E-state index contributed by atoms with van der Waals surface area (Å²) in [5, 5.41) is 20.7. The molecule has 630 valence electrons. The Morgan fingerprint density at radius 1 is 0.266 bits per heavy atom. The van der Waals surface area contributed by atoms with Crippen molar-refractivity contribution in [2.75, 3.05) is 39.6 Å². The number of ether oxygens (including phenoxy) is 3. The topological polar surface area (TPSA) is 231 Å². The molecule has 0 radical (unpaired) electrons. The van der Waals surface area contributed by atoms with E-state index in [1.54, 1.807) is 0 Å². The Balaban J connectivity index is 4.36. The first-order valence-corrected chi connectivity index (χ1v) is 46.8. The van der Waals surface area contributed by atoms with Crippen molar-refractivity contribution in [2.24, 2.45) is 0 Å². The van der Waals surface area contributed by atoms with E-state index in [0.717, 1.165) is 128 Å². The van der Waals surface area contributed by atoms with Crippen molar-refractivity contribution in [1.29, 1.82) is 0 Å². The highest BCUT2D eigenvalue weighted by Crippen LogP contribution is 2.45. The minimum Gasteiger partial charge on any atom is -0.463 e. The van der Waals surface area contributed by atoms with Crippen LogP contribution in [0.3, 0.4) is 0 Å². The van der Waals surface area contributed by atoms with Gasteiger partial charge in [-0.05, 0) is 128 Å². The maximum atomic E-state index is 12.9. The molecule has 5 atom stereocenters. The summed E-state index contributed by atoms with van der Waals surface area (Å²) >= 11 is 0. The third-order valence-electron chi connectivity index (χ3n) is 18.6. The molecule has 0 bridgehead atoms. The van der Waals surface area contributed by atoms with Crippen LogP contribution in [0, 0.1) is 0 Å². The zero-order chi connectivity index (χ0) is 79.4. The number of carbonyl (C=O) groups is 3. The van der Waals surface area contributed by atoms with Crippen molar-refractivity contribution in [3.05, 3.63) is 122 Å². The van der Waals surface area contributed by atoms with Crippen LogP contribution in [0.4, 0.5) is 0 Å². The molecule has 0 fully saturated rings. The van der Waals surface area contributed by atoms with E-state index in [2.05, 4.69) is 142 Å². The molecule has 4 N–H and O–H groups in total. The van der Waals surface area contributed by atoms with E-state index in [4.69, 9.17) is 32.3 Å². The van der Waals surface area contributed by atoms with E-state index in [-0.39, 0.29) is 19.3 Å². The molecule has 16 nitrogen and oxygen atoms in total. The molecule has 18 heteroatoms. The highest BCUT2D eigenvalue weighted by Gasteiger charge is 2.29. The summed E-state index contributed by atoms with van der Waals surface area (Å²) in [6, 6.07) is 0. The van der Waals surface area contributed by atoms with Gasteiger partial charge in [-0.1, -0.05) is 354 Å². The maximum absolute atomic E-state index is 12.9. The number of phosphoric acid groups is 2. The van der Waals surface area contributed by atoms with Gasteiger partial charge in [-0.25, -0.2) is 9.13 Å². The predicted molar refractivity (Wildman–Crippen MR) is 454 cm³/mol. The van der Waals surface area contributed by atoms with Gasteiger partial charge in [-0.2, -0.15) is 0 Å². The first-order chi connectivity index (χ1) is 53.2. The van der Waals surface area contributed by atoms with Crippen molar-refractivity contribution in [3.8, 4) is 0 Å². The van der Waals surface area contributed by atoms with Gasteiger partial charge in [0.2, 0.25) is 0 Å². The van der Waals surface area contributed by atoms with E-state index in [1.807, 2.05) is 0 Å². The monoisotopic (exact) mass is 1570 g/mol. The number of aliphatic hydroxyl groups is 2. The first kappa shape index (κ1) is 105. The Kier molecular flexibility index (Phi) is 80.3. The minimum atomic E-state index is -4.93. The molecule has 0 amide bonds. The lowest BCUT2D eigenvalue weighted by Gasteiger charge is -2.21. The molecule has 0 aliphatic rings. The lowest BCUT2D eigenvalue weighted by Crippen LogP contribution is -2.30. The van der Waals surface area contributed by atoms with Crippen LogP contribution in [0.25, 0.3) is 0 Å². The maximum Gasteiger partial charge on any atom is 0.472 e. The average Bonchev–Trinajstić information content (AvgIpc) is 0.837. The average molecular weight is 1570 g/mol. The van der Waals surface area contributed by atoms with Crippen molar-refractivity contribution in [1.82, 2.24) is 0 Å². The third kappa shape index (κ3) is 84.7. The molecule has 0 rings (SSSR count). The number of rotatable bonds is 83. The number of unbranched alkanes of at least 4 members (excludes halogenated alkanes) is 40. The zero-order valence-corrected chi connectivity index (χ0v) is 71.0. The smallest absolute Gasteiger partial charge is 0.463 e. The fourth-order valence-corrected chi connectivity index (χ4v) is 13.6. The van der Waals surface area contributed by atoms with E-state index < -0.39 is 91.5 Å². The molecule has 109 heavy (non-hydrogen) atoms. The van der Waals surface area contributed by atoms with Crippen LogP contribution >= 0.6 is 15.6 Å². The molecule has 0 saturated carbocycles. The SMILES string of the molecule is CC/C=C\C/C=C\C/C=C\C/C=C\C/C=C\CCCCCCCCCCCCCCCCCC(=O)OCC(O)COP(=O)(O)OCC(O)COP(=O)(O)OCC(COC(=O)CCCCCCCCCCCCCCCCC/C=C\C/C=C\C/C=C\C/C=C\CCCCC)OC(=O)CCCCCCC/C=C\CCCC. The standard InChI is InChI=1S/C91H160O16P2/c1-4-7-10-13-16-19-22-24-26-28-30-32-34-36-38-40-42-44-46-48-50-52-54-56-58-60-63-65-68-71-74-77-89(94)101-80-86(92)81-103-108(97,98)104-82-87(93)83-105-109(99,100)106-85-88(107-91(96)79-76-73-70-67-62-21-18-15-12-9-6-3)84-102-90(95)78-75-72-69-66-64-61-59-57-55-53-51-49-47-45-43-41-39-37-35-33-31-29-27-25-23-20-17-14-11-8-5-2/h7,10,15-20,24-27,30-33,36-39,86-88,92-93H,4-6,8-9,11-14,21-23,28-29,34-35,40-85H2,1-3H3,(H,97,98)(H,99,100)/b10-7-,18-15-,19-16-,20-17-,26-24-,27-25-,32-30-,33-31-,38-36-,39-37-. The fourth-order valence-electron chi connectivity index (χ4n) is 12.0. The number of allylic oxidation sites excluding steroid dienone is 20. The Labute approximate surface area is 665 Å². The molecule has 5 unspecified atom stereocenters. The van der Waals surface area contributed by atoms with Crippen molar-refractivity contribution >= 4 is 33.6 Å². The van der Waals surface area contributed by atoms with Crippen LogP contribution in [0.2, 0.25) is 0 Å². The Bertz CT molecular complexity index is 2460. The Morgan fingerprint density at radius 3 is 0.807 bits per heavy atom. The quantitative estimate of drug-likeness (QED) is 0.0146. The molecule has 0 heterocycles. The molecule has 0 aromatic rings. The van der Waals surface area contributed by atoms with Crippen LogP contribution in [-0.4, -0.2) is 95.9 Å². The number of hydrogen-bond donors (Lipinski definition) is 4. The minimum absolute atomic E-state index is 0.0950. The molecule has 0 aliphatic heterocycles. The normalized spacial score (nSPS) is 14.4. The van der Waals surface area contributed by atoms with E-state index in [0.29, 0.717) is 19.3 Å². The summed E-state index contributed by atoms with van der Waals surface area (Å²) in [7, 11) is -9.79. The molecule has 0 aromatic carbocycles. The molecule has 0 spiro atoms. The van der Waals surface area contributed by atoms with Crippen LogP contribution in [-0.2, 0) is 55.8 Å². The number of aliphatic hydroxyl groups excluding tert-OH is 2. The first-order valence-electron chi connectivity index (χ1n) is 43.8. The number of phosphoric ester groups is 2. The van der Waals surface area contributed by atoms with Crippen LogP contribution in [0.1, 0.15) is 380 Å². The summed E-state index contributed by atoms with van der Waals surface area (Å²) in [5.74, 6) is -1.57. The number of esters is 3. The molecule has 0 aliphatic carbocycles. The highest BCUT2D eigenvalue weighted by molar-refractivity contribution is 7.47. The molecular formula is C91H160O16P2. The van der Waals surface area contributed by atoms with Gasteiger partial charge in [0.1, 0.15) is 25.4 Å². The second kappa shape index (κ2) is 83.4. The van der Waals surface area contributed by atoms with E-state index in [1.165, 1.54) is 193 Å². The fraction of sp³-hybridized carbons (Fsp3) is 0.747. The lowest BCUT2D eigenvalue weighted by atomic mass is 10.0. The van der Waals surface area contributed by atoms with Crippen LogP contribution < -0.4 is 0 Å². The zero-order valence-electron chi connectivity index (χ0n) is 69.2. The summed E-state index contributed by atoms with van der Waals surface area (Å²) < 4.78 is 61.2. The largest absolute Gasteiger partial charge is 0.472 e. The second-order valence-electron chi connectivity index (χ2n) is 29.3. The van der Waals surface area contributed by atoms with Gasteiger partial charge >= 0.3 is 33.6 Å². The van der Waals surface area contributed by atoms with Crippen LogP contribution in [0.15, 0.2) is 122 Å². The third-order valence-corrected chi connectivity index (χ3v) is 20.5. The van der Waals surface area contributed by atoms with E-state index >= 15 is 0 Å². The van der Waals surface area contributed by atoms with Gasteiger partial charge in [0, 0.05) is 19.3 Å². The van der Waals surface area contributed by atoms with Gasteiger partial charge in [0.25, 0.3) is 0 Å². The van der Waals surface area contributed by atoms with Gasteiger partial charge in [0.15, 0.2) is 6.10 Å². The Hall–Kier alpha value is -4.05. The highest BCUT2D eigenvalue weighted by atomic mass is 31.2. The van der Waals surface area contributed by atoms with Gasteiger partial charge in [-0.15, -0.1) is 0 Å². The van der Waals surface area contributed by atoms with E-state index in [9.17, 15) is 43.5 Å². The second-order valence-corrected chi connectivity index (χ2v) is 32.2. The Morgan fingerprint density at radius 2 is 0.495 bits per heavy atom. The lowest BCUT2D eigenvalue weighted by molar-refractivity contribution is -0.161. The molecule has 0 aromatic heterocycles. The van der Waals surface area contributed by atoms with Gasteiger partial charge in [0.05, 0.1) is 26.4 Å². The van der Waals surface area contributed by atoms with Crippen molar-refractivity contribution in [2.45, 2.75) is 399 Å². The van der Waals surface area contributed by atoms with Crippen molar-refractivity contribution < 1.29 is 75.8 Å². The van der Waals surface area contributed by atoms with Gasteiger partial charge in [-0.3, -0.25) is 32.5 Å².